The first kappa shape index (κ1) is 17.0. The topological polar surface area (TPSA) is 56.5 Å². The molecule has 4 rings (SSSR count). The molecule has 1 atom stereocenters. The van der Waals surface area contributed by atoms with Gasteiger partial charge < -0.3 is 0 Å². The van der Waals surface area contributed by atoms with Crippen LogP contribution in [0.25, 0.3) is 11.2 Å². The van der Waals surface area contributed by atoms with E-state index in [0.717, 1.165) is 21.8 Å². The fourth-order valence-corrected chi connectivity index (χ4v) is 3.79. The van der Waals surface area contributed by atoms with Gasteiger partial charge in [-0.05, 0) is 30.2 Å². The van der Waals surface area contributed by atoms with Crippen LogP contribution >= 0.6 is 23.4 Å². The number of halogens is 1. The maximum absolute atomic E-state index is 5.95. The van der Waals surface area contributed by atoms with Crippen molar-refractivity contribution < 1.29 is 0 Å². The summed E-state index contributed by atoms with van der Waals surface area (Å²) in [6.45, 7) is 2.75. The van der Waals surface area contributed by atoms with Crippen molar-refractivity contribution in [2.45, 2.75) is 23.7 Å². The van der Waals surface area contributed by atoms with Gasteiger partial charge in [-0.25, -0.2) is 14.6 Å². The summed E-state index contributed by atoms with van der Waals surface area (Å²) < 4.78 is 1.79. The molecule has 0 N–H and O–H groups in total. The Bertz CT molecular complexity index is 1020. The highest BCUT2D eigenvalue weighted by atomic mass is 35.5. The number of aromatic nitrogens is 5. The average Bonchev–Trinajstić information content (AvgIpc) is 3.08. The van der Waals surface area contributed by atoms with Gasteiger partial charge in [0.2, 0.25) is 0 Å². The van der Waals surface area contributed by atoms with E-state index >= 15 is 0 Å². The summed E-state index contributed by atoms with van der Waals surface area (Å²) in [5.41, 5.74) is 3.80. The largest absolute Gasteiger partial charge is 0.227 e. The van der Waals surface area contributed by atoms with E-state index in [4.69, 9.17) is 11.6 Å². The van der Waals surface area contributed by atoms with E-state index in [1.165, 1.54) is 5.56 Å². The second-order valence-electron chi connectivity index (χ2n) is 5.90. The summed E-state index contributed by atoms with van der Waals surface area (Å²) in [5.74, 6) is 0. The quantitative estimate of drug-likeness (QED) is 0.368. The van der Waals surface area contributed by atoms with E-state index in [-0.39, 0.29) is 5.25 Å². The molecule has 130 valence electrons. The van der Waals surface area contributed by atoms with Gasteiger partial charge in [0.05, 0.1) is 6.54 Å². The van der Waals surface area contributed by atoms with Gasteiger partial charge in [-0.3, -0.25) is 0 Å². The molecule has 2 aromatic carbocycles. The van der Waals surface area contributed by atoms with Crippen molar-refractivity contribution >= 4 is 34.5 Å². The monoisotopic (exact) mass is 381 g/mol. The van der Waals surface area contributed by atoms with Crippen molar-refractivity contribution in [2.75, 3.05) is 0 Å². The van der Waals surface area contributed by atoms with Crippen LogP contribution in [-0.4, -0.2) is 25.0 Å². The molecule has 2 aromatic heterocycles. The standard InChI is InChI=1S/C19H16ClN5S/c1-13(15-5-3-2-4-6-15)26-19-17-18(21-12-22-19)25(24-23-17)11-14-7-9-16(20)10-8-14/h2-10,12-13H,11H2,1H3. The van der Waals surface area contributed by atoms with E-state index in [9.17, 15) is 0 Å². The van der Waals surface area contributed by atoms with Gasteiger partial charge in [-0.2, -0.15) is 0 Å². The molecule has 0 saturated heterocycles. The van der Waals surface area contributed by atoms with Crippen molar-refractivity contribution in [2.24, 2.45) is 0 Å². The molecule has 0 spiro atoms. The van der Waals surface area contributed by atoms with Gasteiger partial charge in [-0.1, -0.05) is 71.0 Å². The number of benzene rings is 2. The van der Waals surface area contributed by atoms with Crippen molar-refractivity contribution in [3.63, 3.8) is 0 Å². The van der Waals surface area contributed by atoms with Gasteiger partial charge in [-0.15, -0.1) is 5.10 Å². The zero-order valence-electron chi connectivity index (χ0n) is 14.1. The number of nitrogens with zero attached hydrogens (tertiary/aromatic N) is 5. The van der Waals surface area contributed by atoms with Crippen molar-refractivity contribution in [1.82, 2.24) is 25.0 Å². The molecule has 1 unspecified atom stereocenters. The van der Waals surface area contributed by atoms with E-state index < -0.39 is 0 Å². The highest BCUT2D eigenvalue weighted by molar-refractivity contribution is 7.99. The molecular weight excluding hydrogens is 366 g/mol. The van der Waals surface area contributed by atoms with Crippen LogP contribution in [0.2, 0.25) is 5.02 Å². The van der Waals surface area contributed by atoms with Gasteiger partial charge in [0.15, 0.2) is 11.2 Å². The summed E-state index contributed by atoms with van der Waals surface area (Å²) in [5, 5.41) is 10.4. The summed E-state index contributed by atoms with van der Waals surface area (Å²) in [6, 6.07) is 18.0. The Labute approximate surface area is 160 Å². The molecule has 0 radical (unpaired) electrons. The van der Waals surface area contributed by atoms with E-state index in [1.807, 2.05) is 42.5 Å². The van der Waals surface area contributed by atoms with Crippen LogP contribution in [-0.2, 0) is 6.54 Å². The van der Waals surface area contributed by atoms with Crippen LogP contribution in [0.4, 0.5) is 0 Å². The molecule has 2 heterocycles. The number of fused-ring (bicyclic) bond motifs is 1. The summed E-state index contributed by atoms with van der Waals surface area (Å²) in [7, 11) is 0. The van der Waals surface area contributed by atoms with Crippen LogP contribution in [0.5, 0.6) is 0 Å². The predicted octanol–water partition coefficient (Wildman–Crippen LogP) is 4.78. The van der Waals surface area contributed by atoms with Gasteiger partial charge in [0.25, 0.3) is 0 Å². The molecule has 0 bridgehead atoms. The Morgan fingerprint density at radius 1 is 1.04 bits per heavy atom. The minimum atomic E-state index is 0.260. The molecule has 0 saturated carbocycles. The fraction of sp³-hybridized carbons (Fsp3) is 0.158. The Kier molecular flexibility index (Phi) is 4.86. The SMILES string of the molecule is CC(Sc1ncnc2c1nnn2Cc1ccc(Cl)cc1)c1ccccc1. The summed E-state index contributed by atoms with van der Waals surface area (Å²) >= 11 is 7.61. The third-order valence-corrected chi connectivity index (χ3v) is 5.47. The molecular formula is C19H16ClN5S. The van der Waals surface area contributed by atoms with E-state index in [2.05, 4.69) is 39.3 Å². The lowest BCUT2D eigenvalue weighted by molar-refractivity contribution is 0.664. The zero-order valence-corrected chi connectivity index (χ0v) is 15.7. The van der Waals surface area contributed by atoms with Crippen molar-refractivity contribution in [3.05, 3.63) is 77.1 Å². The summed E-state index contributed by atoms with van der Waals surface area (Å²) in [4.78, 5) is 8.81. The molecule has 7 heteroatoms. The fourth-order valence-electron chi connectivity index (χ4n) is 2.69. The predicted molar refractivity (Wildman–Crippen MR) is 104 cm³/mol. The Morgan fingerprint density at radius 2 is 1.81 bits per heavy atom. The highest BCUT2D eigenvalue weighted by Crippen LogP contribution is 2.35. The van der Waals surface area contributed by atoms with Crippen molar-refractivity contribution in [1.29, 1.82) is 0 Å². The normalized spacial score (nSPS) is 12.4. The Balaban J connectivity index is 1.61. The number of hydrogen-bond acceptors (Lipinski definition) is 5. The lowest BCUT2D eigenvalue weighted by atomic mass is 10.2. The molecule has 0 aliphatic rings. The van der Waals surface area contributed by atoms with Crippen LogP contribution in [0.15, 0.2) is 66.0 Å². The smallest absolute Gasteiger partial charge is 0.183 e. The Morgan fingerprint density at radius 3 is 2.58 bits per heavy atom. The van der Waals surface area contributed by atoms with Crippen LogP contribution in [0.1, 0.15) is 23.3 Å². The van der Waals surface area contributed by atoms with Gasteiger partial charge >= 0.3 is 0 Å². The molecule has 0 aliphatic heterocycles. The van der Waals surface area contributed by atoms with Crippen LogP contribution in [0, 0.1) is 0 Å². The lowest BCUT2D eigenvalue weighted by Gasteiger charge is -2.10. The number of hydrogen-bond donors (Lipinski definition) is 0. The Hall–Kier alpha value is -2.44. The first-order valence-corrected chi connectivity index (χ1v) is 9.47. The second kappa shape index (κ2) is 7.43. The second-order valence-corrected chi connectivity index (χ2v) is 7.66. The molecule has 0 fully saturated rings. The molecule has 0 amide bonds. The number of rotatable bonds is 5. The van der Waals surface area contributed by atoms with Gasteiger partial charge in [0.1, 0.15) is 11.4 Å². The third-order valence-electron chi connectivity index (χ3n) is 4.07. The molecule has 5 nitrogen and oxygen atoms in total. The lowest BCUT2D eigenvalue weighted by Crippen LogP contribution is -2.03. The maximum atomic E-state index is 5.95. The zero-order chi connectivity index (χ0) is 17.9. The van der Waals surface area contributed by atoms with E-state index in [1.54, 1.807) is 22.8 Å². The van der Waals surface area contributed by atoms with Crippen molar-refractivity contribution in [3.8, 4) is 0 Å². The molecule has 26 heavy (non-hydrogen) atoms. The minimum absolute atomic E-state index is 0.260. The summed E-state index contributed by atoms with van der Waals surface area (Å²) in [6.07, 6.45) is 1.57. The van der Waals surface area contributed by atoms with E-state index in [0.29, 0.717) is 11.6 Å². The average molecular weight is 382 g/mol. The van der Waals surface area contributed by atoms with Crippen LogP contribution < -0.4 is 0 Å². The van der Waals surface area contributed by atoms with Crippen LogP contribution in [0.3, 0.4) is 0 Å². The minimum Gasteiger partial charge on any atom is -0.227 e. The number of thioether (sulfide) groups is 1. The third kappa shape index (κ3) is 3.57. The molecule has 0 aliphatic carbocycles. The van der Waals surface area contributed by atoms with Gasteiger partial charge in [0, 0.05) is 10.3 Å². The highest BCUT2D eigenvalue weighted by Gasteiger charge is 2.16. The first-order chi connectivity index (χ1) is 12.7. The first-order valence-electron chi connectivity index (χ1n) is 8.21. The maximum Gasteiger partial charge on any atom is 0.183 e. The molecule has 4 aromatic rings.